The molecule has 4 rings (SSSR count). The lowest BCUT2D eigenvalue weighted by molar-refractivity contribution is 0.0462. The molecule has 3 fully saturated rings. The number of hydrogen-bond donors (Lipinski definition) is 1. The van der Waals surface area contributed by atoms with E-state index in [-0.39, 0.29) is 0 Å². The van der Waals surface area contributed by atoms with Crippen LogP contribution >= 0.6 is 0 Å². The lowest BCUT2D eigenvalue weighted by atomic mass is 9.50. The molecular formula is C28H46O. The van der Waals surface area contributed by atoms with Gasteiger partial charge in [0.25, 0.3) is 0 Å². The van der Waals surface area contributed by atoms with E-state index in [1.165, 1.54) is 64.2 Å². The van der Waals surface area contributed by atoms with Gasteiger partial charge in [-0.15, -0.1) is 0 Å². The van der Waals surface area contributed by atoms with Crippen molar-refractivity contribution in [1.82, 2.24) is 0 Å². The van der Waals surface area contributed by atoms with Gasteiger partial charge >= 0.3 is 0 Å². The maximum absolute atomic E-state index is 9.48. The van der Waals surface area contributed by atoms with Crippen LogP contribution in [0.15, 0.2) is 23.3 Å². The molecule has 0 aromatic rings. The van der Waals surface area contributed by atoms with Crippen molar-refractivity contribution >= 4 is 0 Å². The van der Waals surface area contributed by atoms with E-state index in [1.807, 2.05) is 5.57 Å². The van der Waals surface area contributed by atoms with Crippen LogP contribution < -0.4 is 0 Å². The van der Waals surface area contributed by atoms with Crippen molar-refractivity contribution in [3.63, 3.8) is 0 Å². The molecule has 0 aliphatic heterocycles. The molecule has 0 amide bonds. The molecule has 4 aliphatic carbocycles. The molecule has 1 N–H and O–H groups in total. The molecule has 29 heavy (non-hydrogen) atoms. The summed E-state index contributed by atoms with van der Waals surface area (Å²) in [4.78, 5) is 0. The minimum atomic E-state index is 0.336. The molecule has 3 saturated carbocycles. The maximum atomic E-state index is 9.48. The van der Waals surface area contributed by atoms with Crippen LogP contribution in [0.25, 0.3) is 0 Å². The highest BCUT2D eigenvalue weighted by Crippen LogP contribution is 2.66. The van der Waals surface area contributed by atoms with Crippen molar-refractivity contribution in [3.05, 3.63) is 23.3 Å². The Labute approximate surface area is 180 Å². The van der Waals surface area contributed by atoms with Gasteiger partial charge in [-0.1, -0.05) is 77.2 Å². The maximum Gasteiger partial charge on any atom is 0.0459 e. The number of rotatable bonds is 6. The molecule has 0 aromatic heterocycles. The number of aliphatic hydroxyl groups is 1. The second kappa shape index (κ2) is 8.18. The van der Waals surface area contributed by atoms with E-state index in [1.54, 1.807) is 5.57 Å². The summed E-state index contributed by atoms with van der Waals surface area (Å²) in [6.07, 6.45) is 19.1. The van der Waals surface area contributed by atoms with Gasteiger partial charge in [0.15, 0.2) is 0 Å². The summed E-state index contributed by atoms with van der Waals surface area (Å²) in [5.74, 6) is 4.44. The summed E-state index contributed by atoms with van der Waals surface area (Å²) < 4.78 is 0. The van der Waals surface area contributed by atoms with E-state index < -0.39 is 0 Å². The summed E-state index contributed by atoms with van der Waals surface area (Å²) in [6, 6.07) is 0. The van der Waals surface area contributed by atoms with Crippen molar-refractivity contribution < 1.29 is 5.11 Å². The van der Waals surface area contributed by atoms with Gasteiger partial charge in [0.05, 0.1) is 0 Å². The molecule has 0 aromatic carbocycles. The van der Waals surface area contributed by atoms with Gasteiger partial charge < -0.3 is 5.11 Å². The third-order valence-electron chi connectivity index (χ3n) is 10.6. The lowest BCUT2D eigenvalue weighted by Crippen LogP contribution is -2.45. The number of fused-ring (bicyclic) bond motifs is 5. The monoisotopic (exact) mass is 398 g/mol. The lowest BCUT2D eigenvalue weighted by Gasteiger charge is -2.54. The Morgan fingerprint density at radius 2 is 1.72 bits per heavy atom. The van der Waals surface area contributed by atoms with Crippen LogP contribution in [-0.4, -0.2) is 11.7 Å². The van der Waals surface area contributed by atoms with Gasteiger partial charge in [-0.2, -0.15) is 0 Å². The van der Waals surface area contributed by atoms with Crippen molar-refractivity contribution in [3.8, 4) is 0 Å². The summed E-state index contributed by atoms with van der Waals surface area (Å²) >= 11 is 0. The zero-order chi connectivity index (χ0) is 20.8. The minimum Gasteiger partial charge on any atom is -0.396 e. The van der Waals surface area contributed by atoms with Crippen molar-refractivity contribution in [1.29, 1.82) is 0 Å². The second-order valence-corrected chi connectivity index (χ2v) is 12.0. The standard InChI is InChI=1S/C28H46O/c1-19(21(3)18-29)9-10-20(2)24-13-14-25-23-12-11-22-8-6-7-16-27(22,4)26(23)15-17-28(24,25)5/h11-12,19-21,24-26,29H,6-10,13-18H2,1-5H3/t19-,20-,21?,24-,25+,26+,27+,28-/m1/s1. The highest BCUT2D eigenvalue weighted by molar-refractivity contribution is 5.38. The van der Waals surface area contributed by atoms with Crippen molar-refractivity contribution in [2.45, 2.75) is 98.8 Å². The predicted octanol–water partition coefficient (Wildman–Crippen LogP) is 7.56. The SMILES string of the molecule is CC(CO)[C@H](C)CC[C@@H](C)[C@H]1CC[C@H]2C3=CC=C4CCCC[C@]4(C)[C@H]3CC[C@]12C. The van der Waals surface area contributed by atoms with Crippen molar-refractivity contribution in [2.24, 2.45) is 46.3 Å². The van der Waals surface area contributed by atoms with E-state index in [0.29, 0.717) is 29.3 Å². The van der Waals surface area contributed by atoms with Crippen LogP contribution in [0.3, 0.4) is 0 Å². The first-order valence-electron chi connectivity index (χ1n) is 12.8. The average molecular weight is 399 g/mol. The van der Waals surface area contributed by atoms with Crippen LogP contribution in [0.4, 0.5) is 0 Å². The highest BCUT2D eigenvalue weighted by Gasteiger charge is 2.56. The topological polar surface area (TPSA) is 20.2 Å². The van der Waals surface area contributed by atoms with Crippen LogP contribution in [0.1, 0.15) is 98.8 Å². The largest absolute Gasteiger partial charge is 0.396 e. The Kier molecular flexibility index (Phi) is 6.11. The zero-order valence-corrected chi connectivity index (χ0v) is 19.8. The Morgan fingerprint density at radius 3 is 2.48 bits per heavy atom. The first-order valence-corrected chi connectivity index (χ1v) is 12.8. The number of allylic oxidation sites excluding steroid dienone is 4. The first kappa shape index (κ1) is 21.7. The summed E-state index contributed by atoms with van der Waals surface area (Å²) in [5, 5.41) is 9.48. The van der Waals surface area contributed by atoms with Crippen molar-refractivity contribution in [2.75, 3.05) is 6.61 Å². The first-order chi connectivity index (χ1) is 13.8. The molecule has 0 saturated heterocycles. The molecule has 4 aliphatic rings. The van der Waals surface area contributed by atoms with E-state index in [2.05, 4.69) is 46.8 Å². The van der Waals surface area contributed by atoms with E-state index in [0.717, 1.165) is 23.7 Å². The fourth-order valence-corrected chi connectivity index (χ4v) is 8.20. The number of hydrogen-bond acceptors (Lipinski definition) is 1. The van der Waals surface area contributed by atoms with Gasteiger partial charge in [0.1, 0.15) is 0 Å². The Hall–Kier alpha value is -0.560. The third kappa shape index (κ3) is 3.58. The van der Waals surface area contributed by atoms with Crippen LogP contribution in [0.5, 0.6) is 0 Å². The van der Waals surface area contributed by atoms with Gasteiger partial charge in [0.2, 0.25) is 0 Å². The normalized spacial score (nSPS) is 42.1. The third-order valence-corrected chi connectivity index (χ3v) is 10.6. The second-order valence-electron chi connectivity index (χ2n) is 12.0. The molecule has 1 unspecified atom stereocenters. The summed E-state index contributed by atoms with van der Waals surface area (Å²) in [7, 11) is 0. The molecule has 0 heterocycles. The average Bonchev–Trinajstić information content (AvgIpc) is 3.08. The smallest absolute Gasteiger partial charge is 0.0459 e. The van der Waals surface area contributed by atoms with Crippen LogP contribution in [-0.2, 0) is 0 Å². The molecule has 8 atom stereocenters. The molecular weight excluding hydrogens is 352 g/mol. The van der Waals surface area contributed by atoms with Gasteiger partial charge in [-0.3, -0.25) is 0 Å². The fourth-order valence-electron chi connectivity index (χ4n) is 8.20. The van der Waals surface area contributed by atoms with Crippen LogP contribution in [0.2, 0.25) is 0 Å². The quantitative estimate of drug-likeness (QED) is 0.489. The predicted molar refractivity (Wildman–Crippen MR) is 124 cm³/mol. The molecule has 1 nitrogen and oxygen atoms in total. The van der Waals surface area contributed by atoms with E-state index in [4.69, 9.17) is 0 Å². The zero-order valence-electron chi connectivity index (χ0n) is 19.8. The Morgan fingerprint density at radius 1 is 0.931 bits per heavy atom. The molecule has 1 heteroatoms. The summed E-state index contributed by atoms with van der Waals surface area (Å²) in [6.45, 7) is 12.7. The molecule has 0 radical (unpaired) electrons. The van der Waals surface area contributed by atoms with Gasteiger partial charge in [-0.05, 0) is 91.3 Å². The number of aliphatic hydroxyl groups excluding tert-OH is 1. The highest BCUT2D eigenvalue weighted by atomic mass is 16.3. The fraction of sp³-hybridized carbons (Fsp3) is 0.857. The molecule has 0 bridgehead atoms. The van der Waals surface area contributed by atoms with E-state index >= 15 is 0 Å². The molecule has 0 spiro atoms. The van der Waals surface area contributed by atoms with Gasteiger partial charge in [-0.25, -0.2) is 0 Å². The Bertz CT molecular complexity index is 659. The van der Waals surface area contributed by atoms with Gasteiger partial charge in [0, 0.05) is 6.61 Å². The summed E-state index contributed by atoms with van der Waals surface area (Å²) in [5.41, 5.74) is 4.62. The van der Waals surface area contributed by atoms with E-state index in [9.17, 15) is 5.11 Å². The molecule has 164 valence electrons. The minimum absolute atomic E-state index is 0.336. The Balaban J connectivity index is 1.49. The van der Waals surface area contributed by atoms with Crippen LogP contribution in [0, 0.1) is 46.3 Å².